The Kier molecular flexibility index (Phi) is 5.56. The lowest BCUT2D eigenvalue weighted by atomic mass is 10.2. The van der Waals surface area contributed by atoms with E-state index in [1.54, 1.807) is 12.1 Å². The first kappa shape index (κ1) is 15.8. The number of rotatable bonds is 4. The number of carbonyl (C=O) groups is 1. The zero-order chi connectivity index (χ0) is 15.2. The number of aromatic nitrogens is 4. The lowest BCUT2D eigenvalue weighted by Crippen LogP contribution is -2.34. The fourth-order valence-corrected chi connectivity index (χ4v) is 2.35. The number of benzene rings is 1. The number of hydrogen-bond donors (Lipinski definition) is 2. The highest BCUT2D eigenvalue weighted by Gasteiger charge is 2.12. The van der Waals surface area contributed by atoms with Gasteiger partial charge >= 0.3 is 0 Å². The van der Waals surface area contributed by atoms with E-state index in [2.05, 4.69) is 48.6 Å². The Hall–Kier alpha value is -1.62. The molecule has 0 radical (unpaired) electrons. The SMILES string of the molecule is CCCn1nnc(NC(=S)NC(=O)c2ccccc2I)n1. The Labute approximate surface area is 140 Å². The Balaban J connectivity index is 1.95. The van der Waals surface area contributed by atoms with Crippen molar-refractivity contribution in [1.29, 1.82) is 0 Å². The van der Waals surface area contributed by atoms with Crippen LogP contribution in [0.4, 0.5) is 5.95 Å². The van der Waals surface area contributed by atoms with E-state index < -0.39 is 0 Å². The molecule has 2 rings (SSSR count). The summed E-state index contributed by atoms with van der Waals surface area (Å²) < 4.78 is 0.849. The van der Waals surface area contributed by atoms with Gasteiger partial charge in [0.05, 0.1) is 12.1 Å². The van der Waals surface area contributed by atoms with E-state index in [0.717, 1.165) is 9.99 Å². The van der Waals surface area contributed by atoms with Gasteiger partial charge in [0.1, 0.15) is 0 Å². The lowest BCUT2D eigenvalue weighted by molar-refractivity contribution is 0.0977. The zero-order valence-corrected chi connectivity index (χ0v) is 14.2. The standard InChI is InChI=1S/C12H13IN6OS/c1-2-7-19-17-11(16-18-19)15-12(21)14-10(20)8-5-3-4-6-9(8)13/h3-6H,2,7H2,1H3,(H2,14,15,17,20,21). The van der Waals surface area contributed by atoms with Gasteiger partial charge in [-0.15, -0.1) is 5.10 Å². The number of anilines is 1. The Morgan fingerprint density at radius 1 is 1.43 bits per heavy atom. The molecule has 0 aliphatic heterocycles. The lowest BCUT2D eigenvalue weighted by Gasteiger charge is -2.07. The highest BCUT2D eigenvalue weighted by molar-refractivity contribution is 14.1. The van der Waals surface area contributed by atoms with Gasteiger partial charge in [0.2, 0.25) is 0 Å². The molecule has 1 heterocycles. The average molecular weight is 416 g/mol. The van der Waals surface area contributed by atoms with Crippen molar-refractivity contribution in [2.75, 3.05) is 5.32 Å². The van der Waals surface area contributed by atoms with Gasteiger partial charge in [-0.1, -0.05) is 24.2 Å². The third-order valence-corrected chi connectivity index (χ3v) is 3.59. The van der Waals surface area contributed by atoms with Crippen molar-refractivity contribution < 1.29 is 4.79 Å². The molecule has 0 saturated carbocycles. The normalized spacial score (nSPS) is 10.2. The van der Waals surface area contributed by atoms with Crippen molar-refractivity contribution in [3.63, 3.8) is 0 Å². The molecular weight excluding hydrogens is 403 g/mol. The zero-order valence-electron chi connectivity index (χ0n) is 11.2. The van der Waals surface area contributed by atoms with Crippen molar-refractivity contribution >= 4 is 51.8 Å². The van der Waals surface area contributed by atoms with Crippen molar-refractivity contribution in [3.8, 4) is 0 Å². The quantitative estimate of drug-likeness (QED) is 0.585. The maximum atomic E-state index is 12.1. The van der Waals surface area contributed by atoms with Crippen LogP contribution in [0.2, 0.25) is 0 Å². The molecule has 21 heavy (non-hydrogen) atoms. The van der Waals surface area contributed by atoms with E-state index >= 15 is 0 Å². The van der Waals surface area contributed by atoms with Crippen LogP contribution in [0.25, 0.3) is 0 Å². The molecule has 9 heteroatoms. The van der Waals surface area contributed by atoms with E-state index in [9.17, 15) is 4.79 Å². The summed E-state index contributed by atoms with van der Waals surface area (Å²) in [5.74, 6) is -0.0186. The van der Waals surface area contributed by atoms with Gasteiger partial charge in [-0.2, -0.15) is 4.80 Å². The molecule has 2 aromatic rings. The summed E-state index contributed by atoms with van der Waals surface area (Å²) in [6.45, 7) is 2.69. The van der Waals surface area contributed by atoms with Gasteiger partial charge in [0.15, 0.2) is 5.11 Å². The summed E-state index contributed by atoms with van der Waals surface area (Å²) in [5, 5.41) is 17.2. The minimum Gasteiger partial charge on any atom is -0.299 e. The first-order valence-electron chi connectivity index (χ1n) is 6.25. The second kappa shape index (κ2) is 7.41. The van der Waals surface area contributed by atoms with Crippen LogP contribution in [-0.2, 0) is 6.54 Å². The molecule has 0 saturated heterocycles. The molecular formula is C12H13IN6OS. The maximum Gasteiger partial charge on any atom is 0.269 e. The molecule has 0 atom stereocenters. The molecule has 0 fully saturated rings. The highest BCUT2D eigenvalue weighted by Crippen LogP contribution is 2.11. The van der Waals surface area contributed by atoms with Gasteiger partial charge in [0.25, 0.3) is 11.9 Å². The van der Waals surface area contributed by atoms with Crippen LogP contribution in [0.1, 0.15) is 23.7 Å². The summed E-state index contributed by atoms with van der Waals surface area (Å²) in [6.07, 6.45) is 0.906. The number of halogens is 1. The van der Waals surface area contributed by atoms with Crippen LogP contribution in [0, 0.1) is 3.57 Å². The van der Waals surface area contributed by atoms with E-state index in [1.165, 1.54) is 4.80 Å². The van der Waals surface area contributed by atoms with Crippen LogP contribution in [0.5, 0.6) is 0 Å². The summed E-state index contributed by atoms with van der Waals surface area (Å²) in [4.78, 5) is 13.5. The van der Waals surface area contributed by atoms with E-state index in [0.29, 0.717) is 12.1 Å². The van der Waals surface area contributed by atoms with Gasteiger partial charge in [0, 0.05) is 3.57 Å². The molecule has 1 aromatic heterocycles. The molecule has 7 nitrogen and oxygen atoms in total. The minimum atomic E-state index is -0.279. The molecule has 0 aliphatic carbocycles. The van der Waals surface area contributed by atoms with Gasteiger partial charge in [-0.25, -0.2) is 0 Å². The van der Waals surface area contributed by atoms with Crippen molar-refractivity contribution in [2.24, 2.45) is 0 Å². The molecule has 0 bridgehead atoms. The minimum absolute atomic E-state index is 0.135. The first-order valence-corrected chi connectivity index (χ1v) is 7.73. The number of amides is 1. The molecule has 0 unspecified atom stereocenters. The van der Waals surface area contributed by atoms with E-state index in [-0.39, 0.29) is 17.0 Å². The first-order chi connectivity index (χ1) is 10.1. The highest BCUT2D eigenvalue weighted by atomic mass is 127. The van der Waals surface area contributed by atoms with Crippen LogP contribution in [0.15, 0.2) is 24.3 Å². The van der Waals surface area contributed by atoms with E-state index in [1.807, 2.05) is 19.1 Å². The number of tetrazole rings is 1. The smallest absolute Gasteiger partial charge is 0.269 e. The number of carbonyl (C=O) groups excluding carboxylic acids is 1. The summed E-state index contributed by atoms with van der Waals surface area (Å²) in [5.41, 5.74) is 0.560. The molecule has 0 spiro atoms. The number of nitrogens with one attached hydrogen (secondary N) is 2. The molecule has 1 amide bonds. The Morgan fingerprint density at radius 3 is 2.90 bits per heavy atom. The Bertz CT molecular complexity index is 659. The van der Waals surface area contributed by atoms with Gasteiger partial charge in [-0.3, -0.25) is 15.4 Å². The number of hydrogen-bond acceptors (Lipinski definition) is 5. The second-order valence-corrected chi connectivity index (χ2v) is 5.67. The van der Waals surface area contributed by atoms with Crippen LogP contribution >= 0.6 is 34.8 Å². The number of nitrogens with zero attached hydrogens (tertiary/aromatic N) is 4. The summed E-state index contributed by atoms with van der Waals surface area (Å²) >= 11 is 7.16. The van der Waals surface area contributed by atoms with Gasteiger partial charge in [-0.05, 0) is 58.6 Å². The van der Waals surface area contributed by atoms with Crippen molar-refractivity contribution in [3.05, 3.63) is 33.4 Å². The number of thiocarbonyl (C=S) groups is 1. The topological polar surface area (TPSA) is 84.7 Å². The van der Waals surface area contributed by atoms with Crippen LogP contribution < -0.4 is 10.6 Å². The fourth-order valence-electron chi connectivity index (χ4n) is 1.54. The van der Waals surface area contributed by atoms with Crippen LogP contribution in [-0.4, -0.2) is 31.2 Å². The molecule has 2 N–H and O–H groups in total. The molecule has 0 aliphatic rings. The monoisotopic (exact) mass is 416 g/mol. The summed E-state index contributed by atoms with van der Waals surface area (Å²) in [6, 6.07) is 7.25. The average Bonchev–Trinajstić information content (AvgIpc) is 2.86. The van der Waals surface area contributed by atoms with E-state index in [4.69, 9.17) is 12.2 Å². The maximum absolute atomic E-state index is 12.1. The molecule has 110 valence electrons. The van der Waals surface area contributed by atoms with Gasteiger partial charge < -0.3 is 0 Å². The fraction of sp³-hybridized carbons (Fsp3) is 0.250. The third-order valence-electron chi connectivity index (χ3n) is 2.45. The predicted molar refractivity (Wildman–Crippen MR) is 91.0 cm³/mol. The Morgan fingerprint density at radius 2 is 2.19 bits per heavy atom. The predicted octanol–water partition coefficient (Wildman–Crippen LogP) is 1.81. The number of aryl methyl sites for hydroxylation is 1. The van der Waals surface area contributed by atoms with Crippen molar-refractivity contribution in [2.45, 2.75) is 19.9 Å². The summed E-state index contributed by atoms with van der Waals surface area (Å²) in [7, 11) is 0. The molecule has 1 aromatic carbocycles. The van der Waals surface area contributed by atoms with Crippen molar-refractivity contribution in [1.82, 2.24) is 25.5 Å². The second-order valence-electron chi connectivity index (χ2n) is 4.10. The largest absolute Gasteiger partial charge is 0.299 e. The third kappa shape index (κ3) is 4.43. The van der Waals surface area contributed by atoms with Crippen LogP contribution in [0.3, 0.4) is 0 Å².